The molecule has 0 aliphatic heterocycles. The first-order valence-corrected chi connectivity index (χ1v) is 8.63. The average molecular weight is 322 g/mol. The Morgan fingerprint density at radius 1 is 1.25 bits per heavy atom. The summed E-state index contributed by atoms with van der Waals surface area (Å²) in [5.74, 6) is 0. The molecule has 2 N–H and O–H groups in total. The van der Waals surface area contributed by atoms with Crippen molar-refractivity contribution >= 4 is 21.4 Å². The molecule has 0 amide bonds. The summed E-state index contributed by atoms with van der Waals surface area (Å²) in [6, 6.07) is 1.64. The van der Waals surface area contributed by atoms with Gasteiger partial charge in [0.05, 0.1) is 11.5 Å². The van der Waals surface area contributed by atoms with Crippen LogP contribution in [0.3, 0.4) is 0 Å². The van der Waals surface area contributed by atoms with Gasteiger partial charge in [-0.25, -0.2) is 8.42 Å². The van der Waals surface area contributed by atoms with E-state index in [2.05, 4.69) is 0 Å². The summed E-state index contributed by atoms with van der Waals surface area (Å²) in [7, 11) is -0.340. The summed E-state index contributed by atoms with van der Waals surface area (Å²) >= 11 is 1.36. The molecule has 0 fully saturated rings. The van der Waals surface area contributed by atoms with Crippen molar-refractivity contribution in [2.45, 2.75) is 17.9 Å². The van der Waals surface area contributed by atoms with Gasteiger partial charge in [-0.2, -0.15) is 4.31 Å². The van der Waals surface area contributed by atoms with Crippen molar-refractivity contribution in [3.63, 3.8) is 0 Å². The van der Waals surface area contributed by atoms with Crippen molar-refractivity contribution in [2.75, 3.05) is 40.5 Å². The first-order valence-electron chi connectivity index (χ1n) is 6.31. The van der Waals surface area contributed by atoms with Gasteiger partial charge in [-0.1, -0.05) is 0 Å². The highest BCUT2D eigenvalue weighted by Gasteiger charge is 2.24. The smallest absolute Gasteiger partial charge is 0.243 e. The molecule has 0 saturated heterocycles. The number of nitrogens with two attached hydrogens (primary N) is 1. The van der Waals surface area contributed by atoms with E-state index in [0.717, 1.165) is 4.88 Å². The number of nitrogens with zero attached hydrogens (tertiary/aromatic N) is 1. The maximum absolute atomic E-state index is 12.6. The van der Waals surface area contributed by atoms with Crippen LogP contribution in [0.15, 0.2) is 16.3 Å². The highest BCUT2D eigenvalue weighted by atomic mass is 32.2. The fourth-order valence-corrected chi connectivity index (χ4v) is 4.29. The van der Waals surface area contributed by atoms with Crippen LogP contribution in [0.1, 0.15) is 11.3 Å². The molecule has 0 bridgehead atoms. The quantitative estimate of drug-likeness (QED) is 0.647. The summed E-state index contributed by atoms with van der Waals surface area (Å²) in [6.45, 7) is 1.97. The van der Waals surface area contributed by atoms with Crippen LogP contribution in [0, 0.1) is 0 Å². The van der Waals surface area contributed by atoms with E-state index in [9.17, 15) is 8.42 Å². The Labute approximate surface area is 124 Å². The number of hydrogen-bond donors (Lipinski definition) is 1. The lowest BCUT2D eigenvalue weighted by atomic mass is 10.4. The Hall–Kier alpha value is -0.510. The summed E-state index contributed by atoms with van der Waals surface area (Å²) < 4.78 is 36.5. The minimum Gasteiger partial charge on any atom is -0.385 e. The van der Waals surface area contributed by atoms with Crippen LogP contribution in [-0.4, -0.2) is 53.2 Å². The molecule has 0 unspecified atom stereocenters. The number of ether oxygens (including phenoxy) is 2. The molecule has 20 heavy (non-hydrogen) atoms. The van der Waals surface area contributed by atoms with E-state index < -0.39 is 10.0 Å². The lowest BCUT2D eigenvalue weighted by molar-refractivity contribution is 0.164. The number of sulfonamides is 1. The zero-order valence-corrected chi connectivity index (χ0v) is 13.5. The first kappa shape index (κ1) is 17.5. The second kappa shape index (κ2) is 8.71. The molecule has 0 atom stereocenters. The summed E-state index contributed by atoms with van der Waals surface area (Å²) in [5.41, 5.74) is 5.53. The lowest BCUT2D eigenvalue weighted by Gasteiger charge is -2.21. The number of hydrogen-bond acceptors (Lipinski definition) is 6. The zero-order chi connectivity index (χ0) is 15.0. The second-order valence-corrected chi connectivity index (χ2v) is 7.13. The van der Waals surface area contributed by atoms with E-state index in [0.29, 0.717) is 44.2 Å². The van der Waals surface area contributed by atoms with Gasteiger partial charge in [0.1, 0.15) is 0 Å². The summed E-state index contributed by atoms with van der Waals surface area (Å²) in [5, 5.41) is 1.63. The van der Waals surface area contributed by atoms with Crippen LogP contribution in [0.5, 0.6) is 0 Å². The van der Waals surface area contributed by atoms with E-state index >= 15 is 0 Å². The Kier molecular flexibility index (Phi) is 7.63. The van der Waals surface area contributed by atoms with Crippen molar-refractivity contribution in [3.05, 3.63) is 16.3 Å². The van der Waals surface area contributed by atoms with Gasteiger partial charge in [0.15, 0.2) is 0 Å². The van der Waals surface area contributed by atoms with Crippen LogP contribution in [0.2, 0.25) is 0 Å². The number of rotatable bonds is 10. The number of thiophene rings is 1. The van der Waals surface area contributed by atoms with Gasteiger partial charge in [0.25, 0.3) is 0 Å². The fourth-order valence-electron chi connectivity index (χ4n) is 1.68. The van der Waals surface area contributed by atoms with Gasteiger partial charge in [-0.05, 0) is 12.5 Å². The van der Waals surface area contributed by atoms with Gasteiger partial charge >= 0.3 is 0 Å². The maximum Gasteiger partial charge on any atom is 0.243 e. The molecule has 1 heterocycles. The molecule has 0 spiro atoms. The standard InChI is InChI=1S/C12H22N2O4S2/c1-17-6-3-4-14(5-7-18-2)20(15,16)12-8-11(9-13)19-10-12/h8,10H,3-7,9,13H2,1-2H3. The minimum absolute atomic E-state index is 0.302. The lowest BCUT2D eigenvalue weighted by Crippen LogP contribution is -2.35. The largest absolute Gasteiger partial charge is 0.385 e. The monoisotopic (exact) mass is 322 g/mol. The van der Waals surface area contributed by atoms with Crippen LogP contribution in [-0.2, 0) is 26.0 Å². The summed E-state index contributed by atoms with van der Waals surface area (Å²) in [6.07, 6.45) is 0.646. The molecular formula is C12H22N2O4S2. The van der Waals surface area contributed by atoms with Crippen LogP contribution >= 0.6 is 11.3 Å². The average Bonchev–Trinajstić information content (AvgIpc) is 2.92. The Morgan fingerprint density at radius 3 is 2.50 bits per heavy atom. The molecule has 0 aliphatic rings. The third kappa shape index (κ3) is 4.80. The molecule has 6 nitrogen and oxygen atoms in total. The van der Waals surface area contributed by atoms with Gasteiger partial charge in [-0.15, -0.1) is 11.3 Å². The summed E-state index contributed by atoms with van der Waals surface area (Å²) in [4.78, 5) is 1.16. The maximum atomic E-state index is 12.6. The van der Waals surface area contributed by atoms with Crippen molar-refractivity contribution in [1.82, 2.24) is 4.31 Å². The molecule has 1 rings (SSSR count). The zero-order valence-electron chi connectivity index (χ0n) is 11.9. The van der Waals surface area contributed by atoms with Crippen LogP contribution in [0.25, 0.3) is 0 Å². The minimum atomic E-state index is -3.49. The number of methoxy groups -OCH3 is 2. The SMILES string of the molecule is COCCCN(CCOC)S(=O)(=O)c1csc(CN)c1. The molecule has 0 aliphatic carbocycles. The van der Waals surface area contributed by atoms with E-state index in [4.69, 9.17) is 15.2 Å². The molecule has 8 heteroatoms. The normalized spacial score (nSPS) is 12.2. The molecule has 1 aromatic rings. The molecule has 0 saturated carbocycles. The first-order chi connectivity index (χ1) is 9.56. The van der Waals surface area contributed by atoms with Crippen molar-refractivity contribution < 1.29 is 17.9 Å². The highest BCUT2D eigenvalue weighted by molar-refractivity contribution is 7.89. The van der Waals surface area contributed by atoms with Crippen molar-refractivity contribution in [2.24, 2.45) is 5.73 Å². The van der Waals surface area contributed by atoms with E-state index in [-0.39, 0.29) is 0 Å². The molecular weight excluding hydrogens is 300 g/mol. The van der Waals surface area contributed by atoms with Crippen molar-refractivity contribution in [1.29, 1.82) is 0 Å². The molecule has 116 valence electrons. The highest BCUT2D eigenvalue weighted by Crippen LogP contribution is 2.22. The second-order valence-electron chi connectivity index (χ2n) is 4.20. The van der Waals surface area contributed by atoms with E-state index in [1.807, 2.05) is 0 Å². The topological polar surface area (TPSA) is 81.9 Å². The van der Waals surface area contributed by atoms with Crippen LogP contribution in [0.4, 0.5) is 0 Å². The van der Waals surface area contributed by atoms with Crippen molar-refractivity contribution in [3.8, 4) is 0 Å². The Bertz CT molecular complexity index is 487. The predicted molar refractivity (Wildman–Crippen MR) is 79.3 cm³/mol. The molecule has 0 aromatic carbocycles. The molecule has 1 aromatic heterocycles. The predicted octanol–water partition coefficient (Wildman–Crippen LogP) is 0.880. The third-order valence-electron chi connectivity index (χ3n) is 2.77. The van der Waals surface area contributed by atoms with Gasteiger partial charge in [0.2, 0.25) is 10.0 Å². The van der Waals surface area contributed by atoms with Gasteiger partial charge in [0, 0.05) is 50.7 Å². The van der Waals surface area contributed by atoms with Gasteiger partial charge in [-0.3, -0.25) is 0 Å². The van der Waals surface area contributed by atoms with E-state index in [1.165, 1.54) is 15.6 Å². The van der Waals surface area contributed by atoms with Gasteiger partial charge < -0.3 is 15.2 Å². The van der Waals surface area contributed by atoms with E-state index in [1.54, 1.807) is 25.7 Å². The fraction of sp³-hybridized carbons (Fsp3) is 0.667. The Morgan fingerprint density at radius 2 is 1.95 bits per heavy atom. The Balaban J connectivity index is 2.85. The van der Waals surface area contributed by atoms with Crippen LogP contribution < -0.4 is 5.73 Å². The third-order valence-corrected chi connectivity index (χ3v) is 5.75. The molecule has 0 radical (unpaired) electrons.